The molecule has 2 aliphatic rings. The number of methoxy groups -OCH3 is 2. The predicted octanol–water partition coefficient (Wildman–Crippen LogP) is 7.07. The number of rotatable bonds is 6. The van der Waals surface area contributed by atoms with Crippen molar-refractivity contribution in [2.45, 2.75) is 20.3 Å². The van der Waals surface area contributed by atoms with E-state index in [1.807, 2.05) is 50.2 Å². The second-order valence-electron chi connectivity index (χ2n) is 10.9. The second kappa shape index (κ2) is 10.5. The fourth-order valence-corrected chi connectivity index (χ4v) is 6.80. The van der Waals surface area contributed by atoms with Gasteiger partial charge in [0.1, 0.15) is 0 Å². The molecule has 0 bridgehead atoms. The number of amides is 3. The third-order valence-electron chi connectivity index (χ3n) is 8.10. The Labute approximate surface area is 257 Å². The summed E-state index contributed by atoms with van der Waals surface area (Å²) in [4.78, 5) is 46.8. The molecule has 0 saturated heterocycles. The molecule has 0 radical (unpaired) electrons. The van der Waals surface area contributed by atoms with Gasteiger partial charge in [-0.15, -0.1) is 11.3 Å². The van der Waals surface area contributed by atoms with E-state index in [2.05, 4.69) is 23.5 Å². The van der Waals surface area contributed by atoms with Gasteiger partial charge in [0.05, 0.1) is 36.7 Å². The van der Waals surface area contributed by atoms with Crippen LogP contribution in [0.15, 0.2) is 72.8 Å². The quantitative estimate of drug-likeness (QED) is 0.205. The number of aryl methyl sites for hydroxylation is 2. The van der Waals surface area contributed by atoms with E-state index in [9.17, 15) is 14.4 Å². The van der Waals surface area contributed by atoms with Crippen LogP contribution in [0.1, 0.15) is 52.6 Å². The maximum absolute atomic E-state index is 13.3. The Bertz CT molecular complexity index is 2050. The highest BCUT2D eigenvalue weighted by atomic mass is 32.1. The van der Waals surface area contributed by atoms with E-state index in [4.69, 9.17) is 14.5 Å². The standard InChI is InChI=1S/C35H27N3O5S/c1-18-5-6-19(2)27(13-18)38-33(40)25-11-8-22(15-26(25)34(38)41)32(39)37-35-36-31-24-10-7-20(14-23(24)17-30(31)44-35)21-9-12-28(42-3)29(16-21)43-4/h5-16H,17H2,1-4H3,(H,36,37,39). The average molecular weight is 602 g/mol. The van der Waals surface area contributed by atoms with Gasteiger partial charge >= 0.3 is 0 Å². The molecule has 218 valence electrons. The van der Waals surface area contributed by atoms with Crippen LogP contribution < -0.4 is 19.7 Å². The molecule has 0 atom stereocenters. The Morgan fingerprint density at radius 2 is 1.55 bits per heavy atom. The lowest BCUT2D eigenvalue weighted by Gasteiger charge is -2.17. The van der Waals surface area contributed by atoms with Crippen molar-refractivity contribution >= 4 is 39.9 Å². The van der Waals surface area contributed by atoms with Crippen LogP contribution >= 0.6 is 11.3 Å². The number of carbonyl (C=O) groups is 3. The van der Waals surface area contributed by atoms with Crippen molar-refractivity contribution in [3.05, 3.63) is 111 Å². The number of aromatic nitrogens is 1. The predicted molar refractivity (Wildman–Crippen MR) is 170 cm³/mol. The average Bonchev–Trinajstić information content (AvgIpc) is 3.66. The number of nitrogens with one attached hydrogen (secondary N) is 1. The van der Waals surface area contributed by atoms with Crippen molar-refractivity contribution in [2.24, 2.45) is 0 Å². The first-order valence-electron chi connectivity index (χ1n) is 14.0. The van der Waals surface area contributed by atoms with Crippen LogP contribution in [0.5, 0.6) is 11.5 Å². The van der Waals surface area contributed by atoms with Crippen LogP contribution in [0.25, 0.3) is 22.4 Å². The zero-order valence-corrected chi connectivity index (χ0v) is 25.3. The highest BCUT2D eigenvalue weighted by Crippen LogP contribution is 2.43. The molecule has 3 amide bonds. The number of imide groups is 1. The molecule has 0 saturated carbocycles. The number of carbonyl (C=O) groups excluding carboxylic acids is 3. The smallest absolute Gasteiger partial charge is 0.266 e. The lowest BCUT2D eigenvalue weighted by molar-refractivity contribution is 0.0925. The van der Waals surface area contributed by atoms with Crippen LogP contribution in [0.4, 0.5) is 10.8 Å². The van der Waals surface area contributed by atoms with Crippen molar-refractivity contribution in [1.29, 1.82) is 0 Å². The Morgan fingerprint density at radius 3 is 2.34 bits per heavy atom. The largest absolute Gasteiger partial charge is 0.493 e. The van der Waals surface area contributed by atoms with Gasteiger partial charge in [-0.05, 0) is 78.1 Å². The third kappa shape index (κ3) is 4.44. The number of thiazole rings is 1. The van der Waals surface area contributed by atoms with Crippen molar-refractivity contribution < 1.29 is 23.9 Å². The van der Waals surface area contributed by atoms with E-state index in [0.29, 0.717) is 28.7 Å². The van der Waals surface area contributed by atoms with Crippen LogP contribution in [-0.4, -0.2) is 36.9 Å². The highest BCUT2D eigenvalue weighted by Gasteiger charge is 2.38. The summed E-state index contributed by atoms with van der Waals surface area (Å²) in [7, 11) is 3.24. The molecule has 7 rings (SSSR count). The summed E-state index contributed by atoms with van der Waals surface area (Å²) < 4.78 is 10.8. The molecule has 1 N–H and O–H groups in total. The van der Waals surface area contributed by atoms with E-state index in [1.165, 1.54) is 27.9 Å². The molecule has 9 heteroatoms. The van der Waals surface area contributed by atoms with Crippen molar-refractivity contribution in [3.8, 4) is 33.9 Å². The van der Waals surface area contributed by atoms with Gasteiger partial charge in [-0.3, -0.25) is 19.7 Å². The highest BCUT2D eigenvalue weighted by molar-refractivity contribution is 7.16. The summed E-state index contributed by atoms with van der Waals surface area (Å²) >= 11 is 1.43. The first-order chi connectivity index (χ1) is 21.2. The van der Waals surface area contributed by atoms with E-state index >= 15 is 0 Å². The molecule has 0 fully saturated rings. The maximum Gasteiger partial charge on any atom is 0.266 e. The minimum absolute atomic E-state index is 0.212. The minimum Gasteiger partial charge on any atom is -0.493 e. The van der Waals surface area contributed by atoms with Gasteiger partial charge in [0.25, 0.3) is 17.7 Å². The van der Waals surface area contributed by atoms with Gasteiger partial charge in [0, 0.05) is 22.4 Å². The zero-order valence-electron chi connectivity index (χ0n) is 24.5. The molecule has 2 heterocycles. The van der Waals surface area contributed by atoms with Crippen molar-refractivity contribution in [1.82, 2.24) is 4.98 Å². The maximum atomic E-state index is 13.3. The monoisotopic (exact) mass is 601 g/mol. The van der Waals surface area contributed by atoms with Crippen LogP contribution in [-0.2, 0) is 6.42 Å². The third-order valence-corrected chi connectivity index (χ3v) is 9.07. The van der Waals surface area contributed by atoms with E-state index in [-0.39, 0.29) is 16.7 Å². The lowest BCUT2D eigenvalue weighted by Crippen LogP contribution is -2.30. The van der Waals surface area contributed by atoms with Gasteiger partial charge in [0.15, 0.2) is 16.6 Å². The molecular formula is C35H27N3O5S. The molecule has 0 unspecified atom stereocenters. The normalized spacial score (nSPS) is 13.0. The van der Waals surface area contributed by atoms with Gasteiger partial charge in [-0.1, -0.05) is 36.4 Å². The van der Waals surface area contributed by atoms with Crippen molar-refractivity contribution in [2.75, 3.05) is 24.4 Å². The number of hydrogen-bond donors (Lipinski definition) is 1. The lowest BCUT2D eigenvalue weighted by atomic mass is 10.00. The molecule has 1 aliphatic heterocycles. The van der Waals surface area contributed by atoms with Gasteiger partial charge in [0.2, 0.25) is 0 Å². The Hall–Kier alpha value is -5.28. The second-order valence-corrected chi connectivity index (χ2v) is 11.9. The van der Waals surface area contributed by atoms with Crippen LogP contribution in [0.2, 0.25) is 0 Å². The molecule has 8 nitrogen and oxygen atoms in total. The van der Waals surface area contributed by atoms with Gasteiger partial charge in [-0.25, -0.2) is 9.88 Å². The SMILES string of the molecule is COc1ccc(-c2ccc3c(c2)Cc2sc(NC(=O)c4ccc5c(c4)C(=O)N(c4cc(C)ccc4C)C5=O)nc2-3)cc1OC. The fourth-order valence-electron chi connectivity index (χ4n) is 5.81. The molecule has 44 heavy (non-hydrogen) atoms. The first kappa shape index (κ1) is 27.5. The first-order valence-corrected chi connectivity index (χ1v) is 14.8. The molecular weight excluding hydrogens is 574 g/mol. The molecule has 4 aromatic carbocycles. The number of nitrogens with zero attached hydrogens (tertiary/aromatic N) is 2. The van der Waals surface area contributed by atoms with E-state index in [0.717, 1.165) is 38.4 Å². The van der Waals surface area contributed by atoms with Crippen LogP contribution in [0, 0.1) is 13.8 Å². The summed E-state index contributed by atoms with van der Waals surface area (Å²) in [5.41, 5.74) is 8.23. The zero-order chi connectivity index (χ0) is 30.7. The topological polar surface area (TPSA) is 97.8 Å². The molecule has 5 aromatic rings. The number of anilines is 2. The van der Waals surface area contributed by atoms with Gasteiger partial charge in [-0.2, -0.15) is 0 Å². The fraction of sp³-hybridized carbons (Fsp3) is 0.143. The van der Waals surface area contributed by atoms with Gasteiger partial charge < -0.3 is 9.47 Å². The molecule has 0 spiro atoms. The summed E-state index contributed by atoms with van der Waals surface area (Å²) in [6.07, 6.45) is 0.711. The number of hydrogen-bond acceptors (Lipinski definition) is 7. The Balaban J connectivity index is 1.10. The van der Waals surface area contributed by atoms with E-state index in [1.54, 1.807) is 26.4 Å². The van der Waals surface area contributed by atoms with E-state index < -0.39 is 17.7 Å². The Morgan fingerprint density at radius 1 is 0.818 bits per heavy atom. The summed E-state index contributed by atoms with van der Waals surface area (Å²) in [6, 6.07) is 22.4. The summed E-state index contributed by atoms with van der Waals surface area (Å²) in [5, 5.41) is 3.37. The number of ether oxygens (including phenoxy) is 2. The molecule has 1 aromatic heterocycles. The summed E-state index contributed by atoms with van der Waals surface area (Å²) in [6.45, 7) is 3.77. The van der Waals surface area contributed by atoms with Crippen molar-refractivity contribution in [3.63, 3.8) is 0 Å². The number of fused-ring (bicyclic) bond motifs is 4. The molecule has 1 aliphatic carbocycles. The Kier molecular flexibility index (Phi) is 6.55. The van der Waals surface area contributed by atoms with Crippen LogP contribution in [0.3, 0.4) is 0 Å². The summed E-state index contributed by atoms with van der Waals surface area (Å²) in [5.74, 6) is 0.123. The minimum atomic E-state index is -0.439. The number of benzene rings is 4.